The highest BCUT2D eigenvalue weighted by molar-refractivity contribution is 7.85. The number of nitrogens with zero attached hydrogens (tertiary/aromatic N) is 4. The molecule has 0 saturated carbocycles. The van der Waals surface area contributed by atoms with Gasteiger partial charge in [-0.15, -0.1) is 0 Å². The maximum Gasteiger partial charge on any atom is 0.411 e. The molecule has 47 heavy (non-hydrogen) atoms. The summed E-state index contributed by atoms with van der Waals surface area (Å²) < 4.78 is 73.0. The molecular weight excluding hydrogens is 638 g/mol. The second-order valence-corrected chi connectivity index (χ2v) is 13.0. The molecule has 3 aromatic carbocycles. The second-order valence-electron chi connectivity index (χ2n) is 11.7. The number of para-hydroxylation sites is 2. The topological polar surface area (TPSA) is 151 Å². The Morgan fingerprint density at radius 3 is 2.32 bits per heavy atom. The highest BCUT2D eigenvalue weighted by Gasteiger charge is 2.59. The van der Waals surface area contributed by atoms with E-state index in [4.69, 9.17) is 23.9 Å². The number of methoxy groups -OCH3 is 2. The van der Waals surface area contributed by atoms with Gasteiger partial charge in [0.1, 0.15) is 11.7 Å². The van der Waals surface area contributed by atoms with Crippen molar-refractivity contribution < 1.29 is 40.4 Å². The SMILES string of the molecule is COC(=O)N1CC[C@]2(/N=N/c3cccc4c3C[C@H]3N(C(=O)OC)CC[C@@]43NS(=O)(=O)Oc3c(F)cccc3F)c3ccccc3N[C@H]12. The van der Waals surface area contributed by atoms with Crippen LogP contribution in [0.5, 0.6) is 5.75 Å². The van der Waals surface area contributed by atoms with E-state index < -0.39 is 63.2 Å². The van der Waals surface area contributed by atoms with Crippen LogP contribution in [0.15, 0.2) is 70.9 Å². The summed E-state index contributed by atoms with van der Waals surface area (Å²) in [5.74, 6) is -3.46. The number of anilines is 1. The molecule has 0 unspecified atom stereocenters. The van der Waals surface area contributed by atoms with Gasteiger partial charge in [0.25, 0.3) is 0 Å². The summed E-state index contributed by atoms with van der Waals surface area (Å²) in [4.78, 5) is 28.5. The first kappa shape index (κ1) is 30.8. The Bertz CT molecular complexity index is 1910. The largest absolute Gasteiger partial charge is 0.453 e. The number of rotatable bonds is 6. The van der Waals surface area contributed by atoms with Crippen molar-refractivity contribution >= 4 is 33.9 Å². The van der Waals surface area contributed by atoms with Crippen LogP contribution >= 0.6 is 0 Å². The lowest BCUT2D eigenvalue weighted by Gasteiger charge is -2.32. The van der Waals surface area contributed by atoms with E-state index >= 15 is 0 Å². The number of ether oxygens (including phenoxy) is 2. The predicted molar refractivity (Wildman–Crippen MR) is 162 cm³/mol. The van der Waals surface area contributed by atoms with E-state index in [-0.39, 0.29) is 19.4 Å². The molecule has 16 heteroatoms. The first-order valence-electron chi connectivity index (χ1n) is 14.8. The Morgan fingerprint density at radius 2 is 1.57 bits per heavy atom. The van der Waals surface area contributed by atoms with Crippen molar-refractivity contribution in [3.05, 3.63) is 89.0 Å². The van der Waals surface area contributed by atoms with Crippen molar-refractivity contribution in [1.82, 2.24) is 14.5 Å². The van der Waals surface area contributed by atoms with E-state index in [1.807, 2.05) is 24.3 Å². The number of azo groups is 1. The Morgan fingerprint density at radius 1 is 0.915 bits per heavy atom. The van der Waals surface area contributed by atoms with Gasteiger partial charge in [-0.25, -0.2) is 18.4 Å². The fourth-order valence-corrected chi connectivity index (χ4v) is 8.66. The van der Waals surface area contributed by atoms with Gasteiger partial charge in [-0.3, -0.25) is 4.90 Å². The van der Waals surface area contributed by atoms with Crippen LogP contribution in [0.3, 0.4) is 0 Å². The molecule has 0 spiro atoms. The summed E-state index contributed by atoms with van der Waals surface area (Å²) in [7, 11) is -2.31. The molecule has 2 fully saturated rings. The van der Waals surface area contributed by atoms with Crippen molar-refractivity contribution in [2.24, 2.45) is 10.2 Å². The minimum Gasteiger partial charge on any atom is -0.453 e. The average molecular weight is 669 g/mol. The Kier molecular flexibility index (Phi) is 7.31. The lowest BCUT2D eigenvalue weighted by molar-refractivity contribution is 0.112. The average Bonchev–Trinajstić information content (AvgIpc) is 3.77. The Hall–Kier alpha value is -4.83. The first-order valence-corrected chi connectivity index (χ1v) is 16.2. The van der Waals surface area contributed by atoms with Gasteiger partial charge >= 0.3 is 22.5 Å². The van der Waals surface area contributed by atoms with Gasteiger partial charge in [-0.1, -0.05) is 36.4 Å². The van der Waals surface area contributed by atoms with Crippen molar-refractivity contribution in [2.75, 3.05) is 32.6 Å². The molecule has 4 aliphatic rings. The smallest absolute Gasteiger partial charge is 0.411 e. The fraction of sp³-hybridized carbons (Fsp3) is 0.355. The summed E-state index contributed by atoms with van der Waals surface area (Å²) in [5, 5.41) is 13.0. The van der Waals surface area contributed by atoms with Gasteiger partial charge in [0.05, 0.1) is 31.5 Å². The van der Waals surface area contributed by atoms with Gasteiger partial charge in [0, 0.05) is 30.8 Å². The summed E-state index contributed by atoms with van der Waals surface area (Å²) in [6.07, 6.45) is -0.999. The van der Waals surface area contributed by atoms with Gasteiger partial charge in [0.15, 0.2) is 11.6 Å². The van der Waals surface area contributed by atoms with E-state index in [2.05, 4.69) is 10.0 Å². The van der Waals surface area contributed by atoms with Crippen LogP contribution in [-0.2, 0) is 37.3 Å². The summed E-state index contributed by atoms with van der Waals surface area (Å²) in [6.45, 7) is 0.504. The molecular formula is C31H30F2N6O7S. The van der Waals surface area contributed by atoms with E-state index in [0.29, 0.717) is 29.8 Å². The zero-order valence-electron chi connectivity index (χ0n) is 25.3. The fourth-order valence-electron chi connectivity index (χ4n) is 7.45. The van der Waals surface area contributed by atoms with Gasteiger partial charge in [0.2, 0.25) is 5.75 Å². The van der Waals surface area contributed by atoms with Gasteiger partial charge in [-0.05, 0) is 48.2 Å². The minimum absolute atomic E-state index is 0.111. The van der Waals surface area contributed by atoms with Crippen LogP contribution in [0, 0.1) is 11.6 Å². The molecule has 2 N–H and O–H groups in total. The summed E-state index contributed by atoms with van der Waals surface area (Å²) in [5.41, 5.74) is 0.854. The van der Waals surface area contributed by atoms with Gasteiger partial charge < -0.3 is 23.9 Å². The van der Waals surface area contributed by atoms with Crippen LogP contribution in [0.2, 0.25) is 0 Å². The normalized spacial score (nSPS) is 25.6. The number of hydrogen-bond donors (Lipinski definition) is 2. The maximum absolute atomic E-state index is 14.4. The number of carbonyl (C=O) groups is 2. The Balaban J connectivity index is 1.28. The van der Waals surface area contributed by atoms with Crippen LogP contribution in [0.25, 0.3) is 0 Å². The van der Waals surface area contributed by atoms with Crippen LogP contribution < -0.4 is 14.2 Å². The zero-order chi connectivity index (χ0) is 33.1. The molecule has 1 aliphatic carbocycles. The van der Waals surface area contributed by atoms with E-state index in [1.54, 1.807) is 23.1 Å². The van der Waals surface area contributed by atoms with Crippen LogP contribution in [0.4, 0.5) is 29.7 Å². The molecule has 2 saturated heterocycles. The molecule has 3 aromatic rings. The molecule has 2 amide bonds. The Labute approximate surface area is 268 Å². The van der Waals surface area contributed by atoms with E-state index in [9.17, 15) is 26.8 Å². The van der Waals surface area contributed by atoms with Crippen LogP contribution in [0.1, 0.15) is 29.5 Å². The molecule has 13 nitrogen and oxygen atoms in total. The third-order valence-corrected chi connectivity index (χ3v) is 10.5. The molecule has 4 atom stereocenters. The number of benzene rings is 3. The number of likely N-dealkylation sites (tertiary alicyclic amines) is 2. The van der Waals surface area contributed by atoms with Crippen molar-refractivity contribution in [2.45, 2.75) is 42.5 Å². The molecule has 0 bridgehead atoms. The van der Waals surface area contributed by atoms with Crippen molar-refractivity contribution in [1.29, 1.82) is 0 Å². The number of carbonyl (C=O) groups excluding carboxylic acids is 2. The zero-order valence-corrected chi connectivity index (χ0v) is 26.1. The third-order valence-electron chi connectivity index (χ3n) is 9.48. The molecule has 7 rings (SSSR count). The maximum atomic E-state index is 14.4. The minimum atomic E-state index is -4.85. The molecule has 0 radical (unpaired) electrons. The number of nitrogens with one attached hydrogen (secondary N) is 2. The third kappa shape index (κ3) is 4.76. The van der Waals surface area contributed by atoms with Gasteiger partial charge in [-0.2, -0.15) is 23.4 Å². The second kappa shape index (κ2) is 11.2. The number of fused-ring (bicyclic) bond motifs is 6. The molecule has 3 heterocycles. The highest BCUT2D eigenvalue weighted by Crippen LogP contribution is 2.53. The number of amides is 2. The quantitative estimate of drug-likeness (QED) is 0.360. The lowest BCUT2D eigenvalue weighted by atomic mass is 9.89. The van der Waals surface area contributed by atoms with E-state index in [1.165, 1.54) is 19.1 Å². The van der Waals surface area contributed by atoms with Crippen LogP contribution in [-0.4, -0.2) is 69.9 Å². The number of halogens is 2. The molecule has 246 valence electrons. The lowest BCUT2D eigenvalue weighted by Crippen LogP contribution is -2.53. The van der Waals surface area contributed by atoms with E-state index in [0.717, 1.165) is 29.4 Å². The molecule has 0 aromatic heterocycles. The molecule has 3 aliphatic heterocycles. The van der Waals surface area contributed by atoms with Crippen molar-refractivity contribution in [3.63, 3.8) is 0 Å². The highest BCUT2D eigenvalue weighted by atomic mass is 32.2. The van der Waals surface area contributed by atoms with Crippen molar-refractivity contribution in [3.8, 4) is 5.75 Å². The predicted octanol–water partition coefficient (Wildman–Crippen LogP) is 4.67. The first-order chi connectivity index (χ1) is 22.5. The summed E-state index contributed by atoms with van der Waals surface area (Å²) in [6, 6.07) is 14.8. The monoisotopic (exact) mass is 668 g/mol. The number of hydrogen-bond acceptors (Lipinski definition) is 10. The standard InChI is InChI=1S/C31H30F2N6O7S/c1-44-28(40)38-15-13-30(37-47(42,43)46-26-21(32)9-6-10-22(26)33)19-8-5-12-23(18(19)17-25(30)38)35-36-31-14-16-39(29(41)45-2)27(31)34-24-11-4-3-7-20(24)31/h3-12,25,27,34,37H,13-17H2,1-2H3/b36-35+/t25-,27-,30-,31+/m1/s1. The summed E-state index contributed by atoms with van der Waals surface area (Å²) >= 11 is 0.